The maximum Gasteiger partial charge on any atom is 0.308 e. The molecule has 0 saturated heterocycles. The summed E-state index contributed by atoms with van der Waals surface area (Å²) in [6.07, 6.45) is 0. The Morgan fingerprint density at radius 3 is 2.53 bits per heavy atom. The van der Waals surface area contributed by atoms with Crippen molar-refractivity contribution in [1.29, 1.82) is 0 Å². The number of carbonyl (C=O) groups is 1. The fraction of sp³-hybridized carbons (Fsp3) is 0.500. The van der Waals surface area contributed by atoms with Crippen molar-refractivity contribution >= 4 is 11.7 Å². The lowest BCUT2D eigenvalue weighted by Gasteiger charge is -2.25. The van der Waals surface area contributed by atoms with E-state index in [1.807, 2.05) is 50.9 Å². The number of nitrogens with zero attached hydrogens (tertiary/aromatic N) is 1. The van der Waals surface area contributed by atoms with Crippen LogP contribution < -0.4 is 4.90 Å². The summed E-state index contributed by atoms with van der Waals surface area (Å²) in [5, 5.41) is 9.17. The molecule has 0 aliphatic heterocycles. The van der Waals surface area contributed by atoms with E-state index in [2.05, 4.69) is 6.07 Å². The summed E-state index contributed by atoms with van der Waals surface area (Å²) in [4.78, 5) is 13.2. The molecule has 1 aromatic rings. The maximum absolute atomic E-state index is 11.1. The highest BCUT2D eigenvalue weighted by atomic mass is 16.4. The summed E-state index contributed by atoms with van der Waals surface area (Å²) >= 11 is 0. The standard InChI is InChI=1S/C14H21NO2/c1-10(2)13(14(16)17)9-15(4)12-7-5-6-11(3)8-12/h5-8,10,13H,9H2,1-4H3,(H,16,17). The number of aliphatic carboxylic acids is 1. The molecule has 3 heteroatoms. The van der Waals surface area contributed by atoms with E-state index in [9.17, 15) is 4.79 Å². The quantitative estimate of drug-likeness (QED) is 0.853. The number of anilines is 1. The van der Waals surface area contributed by atoms with Gasteiger partial charge in [0.1, 0.15) is 0 Å². The number of carboxylic acids is 1. The molecule has 0 saturated carbocycles. The Hall–Kier alpha value is -1.51. The first-order valence-corrected chi connectivity index (χ1v) is 5.92. The second-order valence-corrected chi connectivity index (χ2v) is 4.91. The van der Waals surface area contributed by atoms with E-state index in [4.69, 9.17) is 5.11 Å². The highest BCUT2D eigenvalue weighted by Crippen LogP contribution is 2.19. The molecule has 0 spiro atoms. The number of carboxylic acid groups (broad SMARTS) is 1. The monoisotopic (exact) mass is 235 g/mol. The van der Waals surface area contributed by atoms with Gasteiger partial charge in [-0.15, -0.1) is 0 Å². The second kappa shape index (κ2) is 5.71. The van der Waals surface area contributed by atoms with Gasteiger partial charge in [-0.1, -0.05) is 26.0 Å². The number of benzene rings is 1. The average Bonchev–Trinajstić information content (AvgIpc) is 2.24. The van der Waals surface area contributed by atoms with Gasteiger partial charge in [-0.25, -0.2) is 0 Å². The lowest BCUT2D eigenvalue weighted by molar-refractivity contribution is -0.142. The molecule has 0 heterocycles. The first-order valence-electron chi connectivity index (χ1n) is 5.92. The lowest BCUT2D eigenvalue weighted by Crippen LogP contribution is -2.33. The zero-order valence-corrected chi connectivity index (χ0v) is 11.0. The number of aryl methyl sites for hydroxylation is 1. The summed E-state index contributed by atoms with van der Waals surface area (Å²) < 4.78 is 0. The molecule has 0 fully saturated rings. The molecule has 1 rings (SSSR count). The van der Waals surface area contributed by atoms with Crippen LogP contribution in [0.15, 0.2) is 24.3 Å². The van der Waals surface area contributed by atoms with Gasteiger partial charge in [-0.05, 0) is 30.5 Å². The van der Waals surface area contributed by atoms with E-state index in [1.165, 1.54) is 5.56 Å². The molecule has 1 atom stereocenters. The molecule has 17 heavy (non-hydrogen) atoms. The van der Waals surface area contributed by atoms with E-state index >= 15 is 0 Å². The second-order valence-electron chi connectivity index (χ2n) is 4.91. The van der Waals surface area contributed by atoms with E-state index in [-0.39, 0.29) is 11.8 Å². The van der Waals surface area contributed by atoms with Gasteiger partial charge >= 0.3 is 5.97 Å². The molecule has 0 radical (unpaired) electrons. The average molecular weight is 235 g/mol. The third-order valence-corrected chi connectivity index (χ3v) is 3.03. The van der Waals surface area contributed by atoms with Crippen LogP contribution in [0.3, 0.4) is 0 Å². The topological polar surface area (TPSA) is 40.5 Å². The van der Waals surface area contributed by atoms with E-state index in [1.54, 1.807) is 0 Å². The minimum atomic E-state index is -0.723. The zero-order valence-electron chi connectivity index (χ0n) is 11.0. The molecule has 1 unspecified atom stereocenters. The van der Waals surface area contributed by atoms with Crippen LogP contribution in [0.4, 0.5) is 5.69 Å². The number of hydrogen-bond donors (Lipinski definition) is 1. The van der Waals surface area contributed by atoms with E-state index in [0.717, 1.165) is 5.69 Å². The molecular weight excluding hydrogens is 214 g/mol. The maximum atomic E-state index is 11.1. The number of hydrogen-bond acceptors (Lipinski definition) is 2. The van der Waals surface area contributed by atoms with Crippen molar-refractivity contribution in [2.45, 2.75) is 20.8 Å². The van der Waals surface area contributed by atoms with Crippen LogP contribution in [0.25, 0.3) is 0 Å². The van der Waals surface area contributed by atoms with Crippen LogP contribution in [-0.4, -0.2) is 24.7 Å². The predicted molar refractivity (Wildman–Crippen MR) is 70.4 cm³/mol. The minimum Gasteiger partial charge on any atom is -0.481 e. The molecule has 1 aromatic carbocycles. The Morgan fingerprint density at radius 1 is 1.41 bits per heavy atom. The molecule has 3 nitrogen and oxygen atoms in total. The van der Waals surface area contributed by atoms with Crippen molar-refractivity contribution in [3.63, 3.8) is 0 Å². The fourth-order valence-corrected chi connectivity index (χ4v) is 1.84. The molecule has 0 bridgehead atoms. The highest BCUT2D eigenvalue weighted by molar-refractivity contribution is 5.71. The Morgan fingerprint density at radius 2 is 2.06 bits per heavy atom. The summed E-state index contributed by atoms with van der Waals surface area (Å²) in [7, 11) is 1.94. The van der Waals surface area contributed by atoms with Gasteiger partial charge < -0.3 is 10.0 Å². The third kappa shape index (κ3) is 3.77. The van der Waals surface area contributed by atoms with Crippen molar-refractivity contribution in [2.75, 3.05) is 18.5 Å². The summed E-state index contributed by atoms with van der Waals surface area (Å²) in [6.45, 7) is 6.47. The molecular formula is C14H21NO2. The van der Waals surface area contributed by atoms with Crippen molar-refractivity contribution in [3.8, 4) is 0 Å². The smallest absolute Gasteiger partial charge is 0.308 e. The largest absolute Gasteiger partial charge is 0.481 e. The first kappa shape index (κ1) is 13.6. The summed E-state index contributed by atoms with van der Waals surface area (Å²) in [6, 6.07) is 8.10. The van der Waals surface area contributed by atoms with Crippen molar-refractivity contribution < 1.29 is 9.90 Å². The molecule has 0 aromatic heterocycles. The minimum absolute atomic E-state index is 0.139. The van der Waals surface area contributed by atoms with E-state index < -0.39 is 5.97 Å². The Kier molecular flexibility index (Phi) is 4.55. The zero-order chi connectivity index (χ0) is 13.0. The van der Waals surface area contributed by atoms with Crippen molar-refractivity contribution in [3.05, 3.63) is 29.8 Å². The molecule has 0 amide bonds. The van der Waals surface area contributed by atoms with Gasteiger partial charge in [-0.3, -0.25) is 4.79 Å². The van der Waals surface area contributed by atoms with Crippen LogP contribution in [0, 0.1) is 18.8 Å². The molecule has 0 aliphatic carbocycles. The van der Waals surface area contributed by atoms with Crippen LogP contribution in [-0.2, 0) is 4.79 Å². The van der Waals surface area contributed by atoms with Gasteiger partial charge in [0.25, 0.3) is 0 Å². The van der Waals surface area contributed by atoms with Crippen LogP contribution in [0.2, 0.25) is 0 Å². The Balaban J connectivity index is 2.77. The van der Waals surface area contributed by atoms with Gasteiger partial charge in [0, 0.05) is 19.3 Å². The molecule has 0 aliphatic rings. The normalized spacial score (nSPS) is 12.5. The van der Waals surface area contributed by atoms with Crippen molar-refractivity contribution in [1.82, 2.24) is 0 Å². The van der Waals surface area contributed by atoms with Crippen LogP contribution in [0.5, 0.6) is 0 Å². The van der Waals surface area contributed by atoms with Crippen molar-refractivity contribution in [2.24, 2.45) is 11.8 Å². The highest BCUT2D eigenvalue weighted by Gasteiger charge is 2.23. The SMILES string of the molecule is Cc1cccc(N(C)CC(C(=O)O)C(C)C)c1. The summed E-state index contributed by atoms with van der Waals surface area (Å²) in [5.41, 5.74) is 2.25. The van der Waals surface area contributed by atoms with E-state index in [0.29, 0.717) is 6.54 Å². The predicted octanol–water partition coefficient (Wildman–Crippen LogP) is 2.79. The third-order valence-electron chi connectivity index (χ3n) is 3.03. The van der Waals surface area contributed by atoms with Gasteiger partial charge in [0.05, 0.1) is 5.92 Å². The summed E-state index contributed by atoms with van der Waals surface area (Å²) in [5.74, 6) is -0.917. The van der Waals surface area contributed by atoms with Gasteiger partial charge in [0.15, 0.2) is 0 Å². The molecule has 1 N–H and O–H groups in total. The number of rotatable bonds is 5. The fourth-order valence-electron chi connectivity index (χ4n) is 1.84. The van der Waals surface area contributed by atoms with Gasteiger partial charge in [0.2, 0.25) is 0 Å². The Bertz CT molecular complexity index is 388. The lowest BCUT2D eigenvalue weighted by atomic mass is 9.95. The first-order chi connectivity index (χ1) is 7.91. The van der Waals surface area contributed by atoms with Crippen LogP contribution in [0.1, 0.15) is 19.4 Å². The van der Waals surface area contributed by atoms with Crippen LogP contribution >= 0.6 is 0 Å². The molecule has 94 valence electrons. The Labute approximate surface area is 103 Å². The van der Waals surface area contributed by atoms with Gasteiger partial charge in [-0.2, -0.15) is 0 Å².